The number of aliphatic hydroxyl groups excluding tert-OH is 1. The Morgan fingerprint density at radius 3 is 2.41 bits per heavy atom. The maximum atomic E-state index is 13.1. The van der Waals surface area contributed by atoms with Gasteiger partial charge in [0, 0.05) is 45.2 Å². The van der Waals surface area contributed by atoms with E-state index >= 15 is 0 Å². The summed E-state index contributed by atoms with van der Waals surface area (Å²) in [6, 6.07) is 10.3. The second kappa shape index (κ2) is 10.0. The van der Waals surface area contributed by atoms with Crippen LogP contribution in [-0.4, -0.2) is 81.4 Å². The van der Waals surface area contributed by atoms with Crippen molar-refractivity contribution in [3.05, 3.63) is 48.3 Å². The minimum Gasteiger partial charge on any atom is -0.491 e. The van der Waals surface area contributed by atoms with Crippen LogP contribution in [0.4, 0.5) is 4.39 Å². The summed E-state index contributed by atoms with van der Waals surface area (Å²) in [6.07, 6.45) is 0.00409. The van der Waals surface area contributed by atoms with E-state index in [2.05, 4.69) is 0 Å². The topological polar surface area (TPSA) is 88.5 Å². The number of hydrogen-bond acceptors (Lipinski definition) is 7. The zero-order chi connectivity index (χ0) is 22.6. The van der Waals surface area contributed by atoms with Gasteiger partial charge in [-0.05, 0) is 36.4 Å². The number of ether oxygens (including phenoxy) is 3. The molecule has 1 unspecified atom stereocenters. The highest BCUT2D eigenvalue weighted by Gasteiger charge is 2.30. The van der Waals surface area contributed by atoms with Gasteiger partial charge in [-0.15, -0.1) is 0 Å². The van der Waals surface area contributed by atoms with Gasteiger partial charge in [-0.2, -0.15) is 4.31 Å². The third-order valence-corrected chi connectivity index (χ3v) is 7.31. The lowest BCUT2D eigenvalue weighted by atomic mass is 10.3. The lowest BCUT2D eigenvalue weighted by Gasteiger charge is -2.34. The average molecular weight is 467 g/mol. The van der Waals surface area contributed by atoms with Crippen LogP contribution in [0, 0.1) is 5.82 Å². The molecule has 4 rings (SSSR count). The summed E-state index contributed by atoms with van der Waals surface area (Å²) in [5.41, 5.74) is 0. The number of halogens is 1. The van der Waals surface area contributed by atoms with Crippen molar-refractivity contribution in [1.29, 1.82) is 0 Å². The number of nitrogens with zero attached hydrogens (tertiary/aromatic N) is 2. The van der Waals surface area contributed by atoms with Gasteiger partial charge in [0.2, 0.25) is 10.0 Å². The van der Waals surface area contributed by atoms with Crippen molar-refractivity contribution in [2.24, 2.45) is 0 Å². The van der Waals surface area contributed by atoms with E-state index in [9.17, 15) is 17.9 Å². The number of hydrogen-bond donors (Lipinski definition) is 1. The molecule has 2 aromatic carbocycles. The van der Waals surface area contributed by atoms with Crippen molar-refractivity contribution in [2.45, 2.75) is 17.4 Å². The van der Waals surface area contributed by atoms with Crippen LogP contribution in [-0.2, 0) is 10.0 Å². The van der Waals surface area contributed by atoms with Crippen LogP contribution in [0.2, 0.25) is 0 Å². The van der Waals surface area contributed by atoms with E-state index in [1.54, 1.807) is 12.1 Å². The third kappa shape index (κ3) is 5.50. The summed E-state index contributed by atoms with van der Waals surface area (Å²) in [5, 5.41) is 10.3. The van der Waals surface area contributed by atoms with Crippen molar-refractivity contribution in [3.8, 4) is 17.2 Å². The van der Waals surface area contributed by atoms with E-state index in [4.69, 9.17) is 14.2 Å². The quantitative estimate of drug-likeness (QED) is 0.665. The minimum atomic E-state index is -3.66. The molecule has 0 spiro atoms. The largest absolute Gasteiger partial charge is 0.491 e. The van der Waals surface area contributed by atoms with Crippen LogP contribution in [0.5, 0.6) is 17.2 Å². The molecule has 174 valence electrons. The van der Waals surface area contributed by atoms with Crippen LogP contribution >= 0.6 is 0 Å². The zero-order valence-corrected chi connectivity index (χ0v) is 18.5. The van der Waals surface area contributed by atoms with Crippen molar-refractivity contribution < 1.29 is 32.1 Å². The Morgan fingerprint density at radius 1 is 1.00 bits per heavy atom. The second-order valence-electron chi connectivity index (χ2n) is 7.78. The van der Waals surface area contributed by atoms with Gasteiger partial charge < -0.3 is 19.3 Å². The van der Waals surface area contributed by atoms with E-state index in [0.717, 1.165) is 6.42 Å². The normalized spacial score (nSPS) is 18.7. The molecule has 10 heteroatoms. The lowest BCUT2D eigenvalue weighted by molar-refractivity contribution is 0.0569. The van der Waals surface area contributed by atoms with Crippen LogP contribution in [0.25, 0.3) is 0 Å². The Hall–Kier alpha value is -2.40. The first-order chi connectivity index (χ1) is 15.4. The third-order valence-electron chi connectivity index (χ3n) is 5.41. The van der Waals surface area contributed by atoms with Crippen molar-refractivity contribution in [3.63, 3.8) is 0 Å². The molecular formula is C22H27FN2O6S. The first kappa shape index (κ1) is 22.8. The van der Waals surface area contributed by atoms with Gasteiger partial charge in [0.15, 0.2) is 11.5 Å². The highest BCUT2D eigenvalue weighted by Crippen LogP contribution is 2.33. The average Bonchev–Trinajstić information content (AvgIpc) is 3.04. The predicted octanol–water partition coefficient (Wildman–Crippen LogP) is 1.73. The van der Waals surface area contributed by atoms with E-state index in [1.165, 1.54) is 34.6 Å². The monoisotopic (exact) mass is 466 g/mol. The first-order valence-corrected chi connectivity index (χ1v) is 12.0. The van der Waals surface area contributed by atoms with Crippen molar-refractivity contribution in [2.75, 3.05) is 52.5 Å². The fraction of sp³-hybridized carbons (Fsp3) is 0.455. The Balaban J connectivity index is 1.29. The van der Waals surface area contributed by atoms with Crippen LogP contribution < -0.4 is 14.2 Å². The maximum Gasteiger partial charge on any atom is 0.243 e. The standard InChI is InChI=1S/C22H27FN2O6S/c23-17-2-4-19(5-3-17)31-16-18(26)15-24-8-10-25(11-9-24)32(27,28)20-6-7-21-22(14-20)30-13-1-12-29-21/h2-7,14,18,26H,1,8-13,15-16H2. The number of sulfonamides is 1. The van der Waals surface area contributed by atoms with Crippen molar-refractivity contribution in [1.82, 2.24) is 9.21 Å². The zero-order valence-electron chi connectivity index (χ0n) is 17.7. The molecule has 32 heavy (non-hydrogen) atoms. The maximum absolute atomic E-state index is 13.1. The first-order valence-electron chi connectivity index (χ1n) is 10.6. The van der Waals surface area contributed by atoms with Gasteiger partial charge in [-0.3, -0.25) is 4.90 Å². The smallest absolute Gasteiger partial charge is 0.243 e. The van der Waals surface area contributed by atoms with E-state index < -0.39 is 16.1 Å². The Bertz CT molecular complexity index is 1010. The summed E-state index contributed by atoms with van der Waals surface area (Å²) in [7, 11) is -3.66. The summed E-state index contributed by atoms with van der Waals surface area (Å²) < 4.78 is 57.2. The predicted molar refractivity (Wildman–Crippen MR) is 115 cm³/mol. The highest BCUT2D eigenvalue weighted by atomic mass is 32.2. The van der Waals surface area contributed by atoms with Gasteiger partial charge in [-0.1, -0.05) is 0 Å². The second-order valence-corrected chi connectivity index (χ2v) is 9.72. The number of aliphatic hydroxyl groups is 1. The fourth-order valence-electron chi connectivity index (χ4n) is 3.68. The van der Waals surface area contributed by atoms with E-state index in [1.807, 2.05) is 4.90 Å². The van der Waals surface area contributed by atoms with Gasteiger partial charge >= 0.3 is 0 Å². The molecule has 1 saturated heterocycles. The van der Waals surface area contributed by atoms with E-state index in [0.29, 0.717) is 63.2 Å². The Labute approximate surface area is 187 Å². The summed E-state index contributed by atoms with van der Waals surface area (Å²) >= 11 is 0. The summed E-state index contributed by atoms with van der Waals surface area (Å²) in [5.74, 6) is 1.14. The fourth-order valence-corrected chi connectivity index (χ4v) is 5.12. The van der Waals surface area contributed by atoms with Gasteiger partial charge in [0.1, 0.15) is 24.3 Å². The molecule has 0 aromatic heterocycles. The van der Waals surface area contributed by atoms with Gasteiger partial charge in [0.25, 0.3) is 0 Å². The van der Waals surface area contributed by atoms with Gasteiger partial charge in [-0.25, -0.2) is 12.8 Å². The molecule has 0 saturated carbocycles. The Morgan fingerprint density at radius 2 is 1.69 bits per heavy atom. The van der Waals surface area contributed by atoms with Crippen molar-refractivity contribution >= 4 is 10.0 Å². The molecular weight excluding hydrogens is 439 g/mol. The molecule has 2 aliphatic heterocycles. The molecule has 0 amide bonds. The molecule has 8 nitrogen and oxygen atoms in total. The van der Waals surface area contributed by atoms with Gasteiger partial charge in [0.05, 0.1) is 18.1 Å². The number of fused-ring (bicyclic) bond motifs is 1. The molecule has 2 aromatic rings. The number of benzene rings is 2. The summed E-state index contributed by atoms with van der Waals surface area (Å²) in [4.78, 5) is 2.18. The van der Waals surface area contributed by atoms with E-state index in [-0.39, 0.29) is 17.3 Å². The summed E-state index contributed by atoms with van der Waals surface area (Å²) in [6.45, 7) is 3.10. The molecule has 0 aliphatic carbocycles. The highest BCUT2D eigenvalue weighted by molar-refractivity contribution is 7.89. The molecule has 0 bridgehead atoms. The number of β-amino-alcohol motifs (C(OH)–C–C–N with tert-alkyl or cyclic N) is 1. The van der Waals surface area contributed by atoms with Crippen LogP contribution in [0.1, 0.15) is 6.42 Å². The molecule has 2 heterocycles. The van der Waals surface area contributed by atoms with Crippen LogP contribution in [0.3, 0.4) is 0 Å². The molecule has 1 fully saturated rings. The lowest BCUT2D eigenvalue weighted by Crippen LogP contribution is -2.50. The molecule has 2 aliphatic rings. The minimum absolute atomic E-state index is 0.0708. The number of rotatable bonds is 7. The Kier molecular flexibility index (Phi) is 7.14. The van der Waals surface area contributed by atoms with Crippen LogP contribution in [0.15, 0.2) is 47.4 Å². The number of piperazine rings is 1. The molecule has 1 N–H and O–H groups in total. The SMILES string of the molecule is O=S(=O)(c1ccc2c(c1)OCCCO2)N1CCN(CC(O)COc2ccc(F)cc2)CC1. The molecule has 0 radical (unpaired) electrons. The molecule has 1 atom stereocenters.